The maximum atomic E-state index is 12.1. The highest BCUT2D eigenvalue weighted by molar-refractivity contribution is 5.99. The molecule has 1 rings (SSSR count). The Morgan fingerprint density at radius 3 is 2.43 bits per heavy atom. The number of hydrogen-bond donors (Lipinski definition) is 1. The molecule has 0 bridgehead atoms. The molecule has 0 saturated carbocycles. The van der Waals surface area contributed by atoms with E-state index in [-0.39, 0.29) is 17.6 Å². The summed E-state index contributed by atoms with van der Waals surface area (Å²) in [4.78, 5) is 24.1. The third-order valence-electron chi connectivity index (χ3n) is 3.60. The second-order valence-electron chi connectivity index (χ2n) is 5.71. The van der Waals surface area contributed by atoms with Crippen LogP contribution in [0.4, 0.5) is 5.69 Å². The van der Waals surface area contributed by atoms with Gasteiger partial charge in [0.1, 0.15) is 16.9 Å². The number of methoxy groups -OCH3 is 2. The number of ether oxygens (including phenoxy) is 3. The fourth-order valence-corrected chi connectivity index (χ4v) is 1.65. The fraction of sp³-hybridized carbons (Fsp3) is 0.529. The molecular formula is C17H25NO5. The number of anilines is 1. The summed E-state index contributed by atoms with van der Waals surface area (Å²) in [5.74, 6) is -0.410. The van der Waals surface area contributed by atoms with Gasteiger partial charge in [0.2, 0.25) is 0 Å². The third-order valence-corrected chi connectivity index (χ3v) is 3.60. The summed E-state index contributed by atoms with van der Waals surface area (Å²) >= 11 is 0. The molecule has 0 aliphatic heterocycles. The highest BCUT2D eigenvalue weighted by Crippen LogP contribution is 2.26. The Hall–Kier alpha value is -2.08. The molecule has 6 nitrogen and oxygen atoms in total. The lowest BCUT2D eigenvalue weighted by atomic mass is 10.1. The normalized spacial score (nSPS) is 12.4. The Balaban J connectivity index is 3.09. The number of carbonyl (C=O) groups is 2. The largest absolute Gasteiger partial charge is 0.490 e. The highest BCUT2D eigenvalue weighted by Gasteiger charge is 2.27. The van der Waals surface area contributed by atoms with Crippen LogP contribution in [0.5, 0.6) is 5.75 Å². The highest BCUT2D eigenvalue weighted by atomic mass is 16.5. The van der Waals surface area contributed by atoms with Gasteiger partial charge in [-0.25, -0.2) is 4.79 Å². The van der Waals surface area contributed by atoms with Gasteiger partial charge in [0, 0.05) is 12.8 Å². The van der Waals surface area contributed by atoms with Crippen LogP contribution in [-0.2, 0) is 14.3 Å². The minimum atomic E-state index is -0.975. The lowest BCUT2D eigenvalue weighted by molar-refractivity contribution is -0.133. The van der Waals surface area contributed by atoms with Gasteiger partial charge < -0.3 is 19.5 Å². The van der Waals surface area contributed by atoms with Crippen LogP contribution in [0.25, 0.3) is 0 Å². The molecule has 0 aromatic heterocycles. The van der Waals surface area contributed by atoms with Gasteiger partial charge in [0.05, 0.1) is 13.2 Å². The quantitative estimate of drug-likeness (QED) is 0.781. The first-order chi connectivity index (χ1) is 10.7. The molecule has 1 aromatic rings. The van der Waals surface area contributed by atoms with Crippen molar-refractivity contribution in [3.05, 3.63) is 23.8 Å². The number of amides is 1. The minimum Gasteiger partial charge on any atom is -0.490 e. The van der Waals surface area contributed by atoms with E-state index in [1.54, 1.807) is 26.0 Å². The van der Waals surface area contributed by atoms with E-state index in [2.05, 4.69) is 5.32 Å². The molecule has 128 valence electrons. The van der Waals surface area contributed by atoms with Crippen molar-refractivity contribution in [2.45, 2.75) is 45.8 Å². The van der Waals surface area contributed by atoms with Gasteiger partial charge >= 0.3 is 5.97 Å². The maximum Gasteiger partial charge on any atom is 0.341 e. The monoisotopic (exact) mass is 323 g/mol. The Bertz CT molecular complexity index is 568. The number of carbonyl (C=O) groups excluding carboxylic acids is 2. The summed E-state index contributed by atoms with van der Waals surface area (Å²) in [7, 11) is 2.76. The summed E-state index contributed by atoms with van der Waals surface area (Å²) < 4.78 is 15.6. The van der Waals surface area contributed by atoms with Gasteiger partial charge in [-0.1, -0.05) is 6.92 Å². The van der Waals surface area contributed by atoms with E-state index in [4.69, 9.17) is 14.2 Å². The smallest absolute Gasteiger partial charge is 0.341 e. The molecule has 1 amide bonds. The SMILES string of the molecule is CC[C@@H](C)Oc1ccc(NC(=O)C(C)(C)OC)cc1C(=O)OC. The average Bonchev–Trinajstić information content (AvgIpc) is 2.55. The summed E-state index contributed by atoms with van der Waals surface area (Å²) in [6.45, 7) is 7.22. The summed E-state index contributed by atoms with van der Waals surface area (Å²) in [5, 5.41) is 2.72. The van der Waals surface area contributed by atoms with Crippen molar-refractivity contribution < 1.29 is 23.8 Å². The molecule has 0 saturated heterocycles. The van der Waals surface area contributed by atoms with Crippen LogP contribution >= 0.6 is 0 Å². The molecule has 0 aliphatic carbocycles. The van der Waals surface area contributed by atoms with Crippen molar-refractivity contribution >= 4 is 17.6 Å². The molecule has 0 radical (unpaired) electrons. The first-order valence-corrected chi connectivity index (χ1v) is 7.50. The molecule has 1 N–H and O–H groups in total. The molecule has 0 fully saturated rings. The number of esters is 1. The van der Waals surface area contributed by atoms with Crippen molar-refractivity contribution in [1.29, 1.82) is 0 Å². The van der Waals surface area contributed by atoms with Crippen LogP contribution in [0.2, 0.25) is 0 Å². The molecule has 1 atom stereocenters. The van der Waals surface area contributed by atoms with Crippen LogP contribution in [0.1, 0.15) is 44.5 Å². The summed E-state index contributed by atoms with van der Waals surface area (Å²) in [5.41, 5.74) is -0.241. The van der Waals surface area contributed by atoms with Gasteiger partial charge in [-0.05, 0) is 45.4 Å². The van der Waals surface area contributed by atoms with Gasteiger partial charge in [-0.3, -0.25) is 4.79 Å². The zero-order valence-electron chi connectivity index (χ0n) is 14.6. The van der Waals surface area contributed by atoms with Gasteiger partial charge in [0.25, 0.3) is 5.91 Å². The Morgan fingerprint density at radius 2 is 1.91 bits per heavy atom. The van der Waals surface area contributed by atoms with E-state index in [0.29, 0.717) is 11.4 Å². The third kappa shape index (κ3) is 4.96. The Morgan fingerprint density at radius 1 is 1.26 bits per heavy atom. The Kier molecular flexibility index (Phi) is 6.57. The number of hydrogen-bond acceptors (Lipinski definition) is 5. The molecule has 1 aromatic carbocycles. The van der Waals surface area contributed by atoms with Gasteiger partial charge in [-0.2, -0.15) is 0 Å². The lowest BCUT2D eigenvalue weighted by Crippen LogP contribution is -2.38. The van der Waals surface area contributed by atoms with Crippen molar-refractivity contribution in [2.75, 3.05) is 19.5 Å². The summed E-state index contributed by atoms with van der Waals surface area (Å²) in [6.07, 6.45) is 0.771. The standard InChI is InChI=1S/C17H25NO5/c1-7-11(2)23-14-9-8-12(10-13(14)15(19)21-5)18-16(20)17(3,4)22-6/h8-11H,7H2,1-6H3,(H,18,20)/t11-/m1/s1. The molecule has 0 aliphatic rings. The topological polar surface area (TPSA) is 73.9 Å². The Labute approximate surface area is 137 Å². The molecule has 0 spiro atoms. The van der Waals surface area contributed by atoms with Crippen molar-refractivity contribution in [3.63, 3.8) is 0 Å². The van der Waals surface area contributed by atoms with E-state index >= 15 is 0 Å². The zero-order valence-corrected chi connectivity index (χ0v) is 14.6. The van der Waals surface area contributed by atoms with E-state index in [0.717, 1.165) is 6.42 Å². The lowest BCUT2D eigenvalue weighted by Gasteiger charge is -2.22. The molecule has 0 heterocycles. The van der Waals surface area contributed by atoms with Gasteiger partial charge in [0.15, 0.2) is 0 Å². The van der Waals surface area contributed by atoms with E-state index < -0.39 is 11.6 Å². The first kappa shape index (κ1) is 19.0. The predicted octanol–water partition coefficient (Wildman–Crippen LogP) is 3.01. The molecular weight excluding hydrogens is 298 g/mol. The maximum absolute atomic E-state index is 12.1. The first-order valence-electron chi connectivity index (χ1n) is 7.50. The second-order valence-corrected chi connectivity index (χ2v) is 5.71. The number of rotatable bonds is 7. The van der Waals surface area contributed by atoms with E-state index in [9.17, 15) is 9.59 Å². The van der Waals surface area contributed by atoms with Crippen LogP contribution in [-0.4, -0.2) is 37.8 Å². The van der Waals surface area contributed by atoms with Crippen molar-refractivity contribution in [2.24, 2.45) is 0 Å². The van der Waals surface area contributed by atoms with Crippen LogP contribution in [0, 0.1) is 0 Å². The summed E-state index contributed by atoms with van der Waals surface area (Å²) in [6, 6.07) is 4.86. The minimum absolute atomic E-state index is 0.0359. The van der Waals surface area contributed by atoms with E-state index in [1.165, 1.54) is 20.3 Å². The van der Waals surface area contributed by atoms with Crippen molar-refractivity contribution in [3.8, 4) is 5.75 Å². The van der Waals surface area contributed by atoms with Crippen LogP contribution in [0.15, 0.2) is 18.2 Å². The van der Waals surface area contributed by atoms with Gasteiger partial charge in [-0.15, -0.1) is 0 Å². The number of benzene rings is 1. The van der Waals surface area contributed by atoms with Crippen molar-refractivity contribution in [1.82, 2.24) is 0 Å². The van der Waals surface area contributed by atoms with E-state index in [1.807, 2.05) is 13.8 Å². The fourth-order valence-electron chi connectivity index (χ4n) is 1.65. The van der Waals surface area contributed by atoms with Crippen LogP contribution < -0.4 is 10.1 Å². The second kappa shape index (κ2) is 7.97. The molecule has 0 unspecified atom stereocenters. The van der Waals surface area contributed by atoms with Crippen LogP contribution in [0.3, 0.4) is 0 Å². The number of nitrogens with one attached hydrogen (secondary N) is 1. The predicted molar refractivity (Wildman–Crippen MR) is 87.9 cm³/mol. The molecule has 23 heavy (non-hydrogen) atoms. The average molecular weight is 323 g/mol. The molecule has 6 heteroatoms. The zero-order chi connectivity index (χ0) is 17.6.